The van der Waals surface area contributed by atoms with E-state index < -0.39 is 6.04 Å². The van der Waals surface area contributed by atoms with Gasteiger partial charge >= 0.3 is 0 Å². The Labute approximate surface area is 173 Å². The Kier molecular flexibility index (Phi) is 8.52. The van der Waals surface area contributed by atoms with Gasteiger partial charge in [0, 0.05) is 24.5 Å². The normalized spacial score (nSPS) is 11.6. The number of amides is 2. The van der Waals surface area contributed by atoms with Crippen molar-refractivity contribution in [1.82, 2.24) is 5.32 Å². The molecule has 0 aliphatic rings. The Morgan fingerprint density at radius 2 is 1.59 bits per heavy atom. The average molecular weight is 398 g/mol. The number of carbonyl (C=O) groups excluding carboxylic acids is 2. The zero-order valence-electron chi connectivity index (χ0n) is 17.6. The van der Waals surface area contributed by atoms with Crippen LogP contribution < -0.4 is 20.3 Å². The molecule has 0 heterocycles. The lowest BCUT2D eigenvalue weighted by molar-refractivity contribution is -0.128. The Balaban J connectivity index is 1.93. The Bertz CT molecular complexity index is 772. The third-order valence-corrected chi connectivity index (χ3v) is 4.64. The first-order valence-electron chi connectivity index (χ1n) is 10.1. The van der Waals surface area contributed by atoms with Crippen LogP contribution in [0.15, 0.2) is 54.6 Å². The number of ether oxygens (including phenoxy) is 1. The van der Waals surface area contributed by atoms with Crippen LogP contribution in [-0.2, 0) is 9.59 Å². The van der Waals surface area contributed by atoms with Crippen LogP contribution >= 0.6 is 0 Å². The highest BCUT2D eigenvalue weighted by atomic mass is 16.5. The number of hydrogen-bond donors (Lipinski definition) is 2. The number of nitrogens with one attached hydrogen (secondary N) is 2. The van der Waals surface area contributed by atoms with Gasteiger partial charge in [-0.2, -0.15) is 0 Å². The molecule has 1 atom stereocenters. The second-order valence-corrected chi connectivity index (χ2v) is 7.10. The molecule has 0 saturated heterocycles. The number of hydrogen-bond acceptors (Lipinski definition) is 4. The molecule has 29 heavy (non-hydrogen) atoms. The van der Waals surface area contributed by atoms with Crippen molar-refractivity contribution in [3.8, 4) is 5.75 Å². The number of rotatable bonds is 10. The Morgan fingerprint density at radius 3 is 2.14 bits per heavy atom. The van der Waals surface area contributed by atoms with Gasteiger partial charge in [0.1, 0.15) is 11.8 Å². The van der Waals surface area contributed by atoms with Crippen LogP contribution in [0.1, 0.15) is 27.7 Å². The summed E-state index contributed by atoms with van der Waals surface area (Å²) < 4.78 is 5.45. The van der Waals surface area contributed by atoms with Crippen molar-refractivity contribution in [2.75, 3.05) is 29.9 Å². The molecule has 6 heteroatoms. The average Bonchev–Trinajstić information content (AvgIpc) is 2.73. The molecule has 0 aliphatic heterocycles. The molecule has 0 spiro atoms. The van der Waals surface area contributed by atoms with Gasteiger partial charge in [-0.05, 0) is 56.2 Å². The fourth-order valence-corrected chi connectivity index (χ4v) is 2.98. The SMILES string of the molecule is CCN(CC)c1ccc(NC(=O)C(NC(=O)COc2ccccc2)C(C)C)cc1. The number of carbonyl (C=O) groups is 2. The highest BCUT2D eigenvalue weighted by Crippen LogP contribution is 2.18. The summed E-state index contributed by atoms with van der Waals surface area (Å²) in [5.41, 5.74) is 1.81. The fourth-order valence-electron chi connectivity index (χ4n) is 2.98. The van der Waals surface area contributed by atoms with E-state index in [1.165, 1.54) is 0 Å². The zero-order valence-corrected chi connectivity index (χ0v) is 17.6. The van der Waals surface area contributed by atoms with E-state index in [4.69, 9.17) is 4.74 Å². The molecule has 2 aromatic carbocycles. The van der Waals surface area contributed by atoms with Crippen LogP contribution in [0.5, 0.6) is 5.75 Å². The molecule has 0 fully saturated rings. The van der Waals surface area contributed by atoms with Crippen LogP contribution in [0.25, 0.3) is 0 Å². The maximum Gasteiger partial charge on any atom is 0.258 e. The van der Waals surface area contributed by atoms with Crippen LogP contribution in [-0.4, -0.2) is 37.6 Å². The first-order chi connectivity index (χ1) is 13.9. The summed E-state index contributed by atoms with van der Waals surface area (Å²) in [4.78, 5) is 27.2. The molecule has 2 aromatic rings. The topological polar surface area (TPSA) is 70.7 Å². The van der Waals surface area contributed by atoms with Gasteiger partial charge in [0.15, 0.2) is 6.61 Å². The van der Waals surface area contributed by atoms with Crippen molar-refractivity contribution in [2.24, 2.45) is 5.92 Å². The van der Waals surface area contributed by atoms with E-state index in [1.807, 2.05) is 56.3 Å². The lowest BCUT2D eigenvalue weighted by atomic mass is 10.0. The molecular formula is C23H31N3O3. The van der Waals surface area contributed by atoms with E-state index >= 15 is 0 Å². The highest BCUT2D eigenvalue weighted by molar-refractivity contribution is 5.97. The molecule has 0 aromatic heterocycles. The maximum absolute atomic E-state index is 12.7. The molecule has 0 saturated carbocycles. The van der Waals surface area contributed by atoms with Gasteiger partial charge in [0.2, 0.25) is 5.91 Å². The molecular weight excluding hydrogens is 366 g/mol. The monoisotopic (exact) mass is 397 g/mol. The molecule has 2 N–H and O–H groups in total. The van der Waals surface area contributed by atoms with Crippen LogP contribution in [0.2, 0.25) is 0 Å². The molecule has 1 unspecified atom stereocenters. The first-order valence-corrected chi connectivity index (χ1v) is 10.1. The maximum atomic E-state index is 12.7. The molecule has 0 radical (unpaired) electrons. The van der Waals surface area contributed by atoms with Gasteiger partial charge in [0.05, 0.1) is 0 Å². The second kappa shape index (κ2) is 11.1. The lowest BCUT2D eigenvalue weighted by Gasteiger charge is -2.23. The molecule has 6 nitrogen and oxygen atoms in total. The van der Waals surface area contributed by atoms with Crippen LogP contribution in [0, 0.1) is 5.92 Å². The smallest absolute Gasteiger partial charge is 0.258 e. The van der Waals surface area contributed by atoms with E-state index in [0.717, 1.165) is 18.8 Å². The van der Waals surface area contributed by atoms with Crippen molar-refractivity contribution in [2.45, 2.75) is 33.7 Å². The second-order valence-electron chi connectivity index (χ2n) is 7.10. The van der Waals surface area contributed by atoms with Crippen molar-refractivity contribution in [3.05, 3.63) is 54.6 Å². The first kappa shape index (κ1) is 22.3. The summed E-state index contributed by atoms with van der Waals surface area (Å²) >= 11 is 0. The third kappa shape index (κ3) is 6.82. The minimum absolute atomic E-state index is 0.0642. The zero-order chi connectivity index (χ0) is 21.2. The van der Waals surface area contributed by atoms with Crippen molar-refractivity contribution < 1.29 is 14.3 Å². The summed E-state index contributed by atoms with van der Waals surface area (Å²) in [6.45, 7) is 9.72. The van der Waals surface area contributed by atoms with Crippen LogP contribution in [0.4, 0.5) is 11.4 Å². The lowest BCUT2D eigenvalue weighted by Crippen LogP contribution is -2.48. The minimum Gasteiger partial charge on any atom is -0.484 e. The number of benzene rings is 2. The molecule has 156 valence electrons. The van der Waals surface area contributed by atoms with Gasteiger partial charge in [0.25, 0.3) is 5.91 Å². The van der Waals surface area contributed by atoms with E-state index in [-0.39, 0.29) is 24.3 Å². The van der Waals surface area contributed by atoms with Gasteiger partial charge in [-0.25, -0.2) is 0 Å². The van der Waals surface area contributed by atoms with Gasteiger partial charge in [-0.3, -0.25) is 9.59 Å². The van der Waals surface area contributed by atoms with E-state index in [9.17, 15) is 9.59 Å². The van der Waals surface area contributed by atoms with Crippen molar-refractivity contribution in [1.29, 1.82) is 0 Å². The molecule has 0 aliphatic carbocycles. The Hall–Kier alpha value is -3.02. The molecule has 2 amide bonds. The quantitative estimate of drug-likeness (QED) is 0.641. The summed E-state index contributed by atoms with van der Waals surface area (Å²) in [6.07, 6.45) is 0. The van der Waals surface area contributed by atoms with Gasteiger partial charge in [-0.1, -0.05) is 32.0 Å². The predicted molar refractivity (Wildman–Crippen MR) is 117 cm³/mol. The highest BCUT2D eigenvalue weighted by Gasteiger charge is 2.24. The fraction of sp³-hybridized carbons (Fsp3) is 0.391. The summed E-state index contributed by atoms with van der Waals surface area (Å²) in [6, 6.07) is 16.2. The van der Waals surface area contributed by atoms with E-state index in [2.05, 4.69) is 29.4 Å². The standard InChI is InChI=1S/C23H31N3O3/c1-5-26(6-2)19-14-12-18(13-15-19)24-23(28)22(17(3)4)25-21(27)16-29-20-10-8-7-9-11-20/h7-15,17,22H,5-6,16H2,1-4H3,(H,24,28)(H,25,27). The largest absolute Gasteiger partial charge is 0.484 e. The summed E-state index contributed by atoms with van der Waals surface area (Å²) in [5.74, 6) is -0.0321. The molecule has 2 rings (SSSR count). The van der Waals surface area contributed by atoms with Crippen molar-refractivity contribution >= 4 is 23.2 Å². The van der Waals surface area contributed by atoms with E-state index in [0.29, 0.717) is 11.4 Å². The van der Waals surface area contributed by atoms with Crippen molar-refractivity contribution in [3.63, 3.8) is 0 Å². The van der Waals surface area contributed by atoms with Crippen LogP contribution in [0.3, 0.4) is 0 Å². The van der Waals surface area contributed by atoms with E-state index in [1.54, 1.807) is 12.1 Å². The van der Waals surface area contributed by atoms with Gasteiger partial charge in [-0.15, -0.1) is 0 Å². The predicted octanol–water partition coefficient (Wildman–Crippen LogP) is 3.69. The summed E-state index contributed by atoms with van der Waals surface area (Å²) in [5, 5.41) is 5.66. The summed E-state index contributed by atoms with van der Waals surface area (Å²) in [7, 11) is 0. The van der Waals surface area contributed by atoms with Gasteiger partial charge < -0.3 is 20.3 Å². The third-order valence-electron chi connectivity index (χ3n) is 4.64. The number of anilines is 2. The number of nitrogens with zero attached hydrogens (tertiary/aromatic N) is 1. The Morgan fingerprint density at radius 1 is 0.966 bits per heavy atom. The minimum atomic E-state index is -0.649. The number of para-hydroxylation sites is 1. The molecule has 0 bridgehead atoms.